The second-order valence-electron chi connectivity index (χ2n) is 4.69. The van der Waals surface area contributed by atoms with Crippen LogP contribution in [-0.4, -0.2) is 85.7 Å². The normalized spacial score (nSPS) is 34.7. The van der Waals surface area contributed by atoms with Crippen molar-refractivity contribution in [1.82, 2.24) is 5.01 Å². The van der Waals surface area contributed by atoms with Crippen molar-refractivity contribution in [1.29, 1.82) is 0 Å². The van der Waals surface area contributed by atoms with Gasteiger partial charge in [0.15, 0.2) is 6.23 Å². The molecule has 0 saturated carbocycles. The molecule has 0 radical (unpaired) electrons. The maximum absolute atomic E-state index is 11.1. The lowest BCUT2D eigenvalue weighted by Crippen LogP contribution is -2.67. The molecule has 1 aliphatic rings. The molecule has 6 atom stereocenters. The molecule has 1 amide bonds. The molecule has 0 bridgehead atoms. The molecule has 1 saturated heterocycles. The lowest BCUT2D eigenvalue weighted by atomic mass is 9.97. The molecule has 0 aliphatic carbocycles. The van der Waals surface area contributed by atoms with Crippen LogP contribution in [0.2, 0.25) is 0 Å². The van der Waals surface area contributed by atoms with Crippen LogP contribution in [0, 0.1) is 0 Å². The standard InChI is InChI=1S/C10H19N3O8/c11-5(15)1-3(10(19)20)13(12)9-8(18)7(17)6(16)4(2-14)21-9/h3-4,6-9,14,16-18H,1-2,12H2,(H2,11,15)(H,19,20)/t3-,4+,6+,7-,8+,9?/m0/s1. The third kappa shape index (κ3) is 3.85. The van der Waals surface area contributed by atoms with E-state index in [1.807, 2.05) is 0 Å². The maximum atomic E-state index is 11.1. The van der Waals surface area contributed by atoms with Gasteiger partial charge in [-0.3, -0.25) is 15.4 Å². The third-order valence-corrected chi connectivity index (χ3v) is 3.20. The van der Waals surface area contributed by atoms with Gasteiger partial charge in [0.25, 0.3) is 0 Å². The van der Waals surface area contributed by atoms with E-state index in [4.69, 9.17) is 26.5 Å². The zero-order valence-corrected chi connectivity index (χ0v) is 10.9. The summed E-state index contributed by atoms with van der Waals surface area (Å²) in [7, 11) is 0. The fourth-order valence-electron chi connectivity index (χ4n) is 2.02. The topological polar surface area (TPSA) is 200 Å². The molecular formula is C10H19N3O8. The van der Waals surface area contributed by atoms with E-state index >= 15 is 0 Å². The lowest BCUT2D eigenvalue weighted by Gasteiger charge is -2.44. The zero-order valence-electron chi connectivity index (χ0n) is 10.9. The van der Waals surface area contributed by atoms with Gasteiger partial charge < -0.3 is 36.0 Å². The van der Waals surface area contributed by atoms with Crippen LogP contribution in [0.5, 0.6) is 0 Å². The van der Waals surface area contributed by atoms with Crippen molar-refractivity contribution in [2.45, 2.75) is 43.1 Å². The Labute approximate surface area is 119 Å². The second-order valence-corrected chi connectivity index (χ2v) is 4.69. The molecule has 1 unspecified atom stereocenters. The Morgan fingerprint density at radius 3 is 2.19 bits per heavy atom. The van der Waals surface area contributed by atoms with E-state index in [9.17, 15) is 24.9 Å². The van der Waals surface area contributed by atoms with E-state index in [-0.39, 0.29) is 0 Å². The molecule has 0 aromatic heterocycles. The van der Waals surface area contributed by atoms with E-state index in [0.717, 1.165) is 0 Å². The highest BCUT2D eigenvalue weighted by atomic mass is 16.6. The van der Waals surface area contributed by atoms with Gasteiger partial charge in [-0.2, -0.15) is 0 Å². The van der Waals surface area contributed by atoms with Crippen molar-refractivity contribution in [3.05, 3.63) is 0 Å². The minimum Gasteiger partial charge on any atom is -0.480 e. The van der Waals surface area contributed by atoms with Crippen molar-refractivity contribution in [3.8, 4) is 0 Å². The van der Waals surface area contributed by atoms with Gasteiger partial charge in [0, 0.05) is 0 Å². The van der Waals surface area contributed by atoms with Gasteiger partial charge in [0.1, 0.15) is 30.5 Å². The van der Waals surface area contributed by atoms with E-state index in [2.05, 4.69) is 0 Å². The second kappa shape index (κ2) is 7.09. The molecule has 1 aliphatic heterocycles. The number of ether oxygens (including phenoxy) is 1. The molecular weight excluding hydrogens is 290 g/mol. The van der Waals surface area contributed by atoms with E-state index in [1.54, 1.807) is 0 Å². The van der Waals surface area contributed by atoms with Crippen LogP contribution in [0.4, 0.5) is 0 Å². The van der Waals surface area contributed by atoms with Crippen LogP contribution in [-0.2, 0) is 14.3 Å². The number of primary amides is 1. The van der Waals surface area contributed by atoms with Crippen LogP contribution in [0.15, 0.2) is 0 Å². The molecule has 9 N–H and O–H groups in total. The van der Waals surface area contributed by atoms with Gasteiger partial charge in [-0.15, -0.1) is 0 Å². The molecule has 0 aromatic carbocycles. The predicted molar refractivity (Wildman–Crippen MR) is 65.0 cm³/mol. The number of hydrogen-bond donors (Lipinski definition) is 7. The highest BCUT2D eigenvalue weighted by Gasteiger charge is 2.47. The number of carboxylic acids is 1. The first-order chi connectivity index (χ1) is 9.70. The molecule has 1 fully saturated rings. The highest BCUT2D eigenvalue weighted by Crippen LogP contribution is 2.23. The van der Waals surface area contributed by atoms with Crippen LogP contribution < -0.4 is 11.6 Å². The van der Waals surface area contributed by atoms with Gasteiger partial charge >= 0.3 is 5.97 Å². The zero-order chi connectivity index (χ0) is 16.3. The summed E-state index contributed by atoms with van der Waals surface area (Å²) < 4.78 is 5.08. The van der Waals surface area contributed by atoms with Gasteiger partial charge in [0.05, 0.1) is 13.0 Å². The van der Waals surface area contributed by atoms with Crippen LogP contribution in [0.3, 0.4) is 0 Å². The van der Waals surface area contributed by atoms with Crippen molar-refractivity contribution >= 4 is 11.9 Å². The number of carboxylic acid groups (broad SMARTS) is 1. The number of hydrogen-bond acceptors (Lipinski definition) is 9. The van der Waals surface area contributed by atoms with Crippen LogP contribution >= 0.6 is 0 Å². The minimum absolute atomic E-state index is 0.509. The molecule has 1 heterocycles. The van der Waals surface area contributed by atoms with E-state index in [0.29, 0.717) is 5.01 Å². The number of aliphatic hydroxyl groups excluding tert-OH is 4. The Morgan fingerprint density at radius 1 is 1.19 bits per heavy atom. The Balaban J connectivity index is 2.94. The molecule has 11 heteroatoms. The molecule has 1 rings (SSSR count). The first kappa shape index (κ1) is 17.7. The summed E-state index contributed by atoms with van der Waals surface area (Å²) in [5, 5.41) is 47.6. The predicted octanol–water partition coefficient (Wildman–Crippen LogP) is -4.71. The van der Waals surface area contributed by atoms with Crippen LogP contribution in [0.1, 0.15) is 6.42 Å². The largest absolute Gasteiger partial charge is 0.480 e. The third-order valence-electron chi connectivity index (χ3n) is 3.20. The summed E-state index contributed by atoms with van der Waals surface area (Å²) in [5.74, 6) is 3.11. The first-order valence-electron chi connectivity index (χ1n) is 6.05. The highest BCUT2D eigenvalue weighted by molar-refractivity contribution is 5.83. The quantitative estimate of drug-likeness (QED) is 0.184. The molecule has 11 nitrogen and oxygen atoms in total. The van der Waals surface area contributed by atoms with Crippen molar-refractivity contribution in [2.75, 3.05) is 6.61 Å². The molecule has 21 heavy (non-hydrogen) atoms. The van der Waals surface area contributed by atoms with Crippen molar-refractivity contribution in [3.63, 3.8) is 0 Å². The monoisotopic (exact) mass is 309 g/mol. The van der Waals surface area contributed by atoms with Gasteiger partial charge in [-0.1, -0.05) is 0 Å². The Kier molecular flexibility index (Phi) is 5.98. The Hall–Kier alpha value is -1.34. The Morgan fingerprint density at radius 2 is 1.76 bits per heavy atom. The number of carbonyl (C=O) groups excluding carboxylic acids is 1. The number of nitrogens with zero attached hydrogens (tertiary/aromatic N) is 1. The summed E-state index contributed by atoms with van der Waals surface area (Å²) >= 11 is 0. The SMILES string of the molecule is NC(=O)C[C@@H](C(=O)O)N(N)C1O[C@H](CO)[C@@H](O)[C@H](O)[C@H]1O. The summed E-state index contributed by atoms with van der Waals surface area (Å²) in [4.78, 5) is 22.0. The Bertz CT molecular complexity index is 392. The fourth-order valence-corrected chi connectivity index (χ4v) is 2.02. The molecule has 0 aromatic rings. The van der Waals surface area contributed by atoms with Crippen LogP contribution in [0.25, 0.3) is 0 Å². The molecule has 0 spiro atoms. The lowest BCUT2D eigenvalue weighted by molar-refractivity contribution is -0.271. The minimum atomic E-state index is -1.75. The number of carbonyl (C=O) groups is 2. The average molecular weight is 309 g/mol. The van der Waals surface area contributed by atoms with Gasteiger partial charge in [0.2, 0.25) is 5.91 Å². The smallest absolute Gasteiger partial charge is 0.322 e. The average Bonchev–Trinajstić information content (AvgIpc) is 2.41. The number of aliphatic carboxylic acids is 1. The summed E-state index contributed by atoms with van der Waals surface area (Å²) in [6, 6.07) is -1.61. The number of rotatable bonds is 6. The van der Waals surface area contributed by atoms with E-state index < -0.39 is 61.6 Å². The summed E-state index contributed by atoms with van der Waals surface area (Å²) in [5.41, 5.74) is 4.92. The maximum Gasteiger partial charge on any atom is 0.322 e. The number of aliphatic hydroxyl groups is 4. The summed E-state index contributed by atoms with van der Waals surface area (Å²) in [6.07, 6.45) is -8.52. The summed E-state index contributed by atoms with van der Waals surface area (Å²) in [6.45, 7) is -0.692. The first-order valence-corrected chi connectivity index (χ1v) is 6.05. The fraction of sp³-hybridized carbons (Fsp3) is 0.800. The number of nitrogens with two attached hydrogens (primary N) is 2. The van der Waals surface area contributed by atoms with Crippen molar-refractivity contribution in [2.24, 2.45) is 11.6 Å². The van der Waals surface area contributed by atoms with Gasteiger partial charge in [-0.25, -0.2) is 5.01 Å². The number of amides is 1. The molecule has 122 valence electrons. The van der Waals surface area contributed by atoms with Crippen molar-refractivity contribution < 1.29 is 39.9 Å². The van der Waals surface area contributed by atoms with Gasteiger partial charge in [-0.05, 0) is 0 Å². The van der Waals surface area contributed by atoms with E-state index in [1.165, 1.54) is 0 Å². The number of hydrazine groups is 1.